The minimum atomic E-state index is -4.55. The number of aromatic nitrogens is 5. The van der Waals surface area contributed by atoms with Crippen molar-refractivity contribution in [1.82, 2.24) is 24.9 Å². The summed E-state index contributed by atoms with van der Waals surface area (Å²) in [6.45, 7) is 4.08. The minimum Gasteiger partial charge on any atom is -0.368 e. The quantitative estimate of drug-likeness (QED) is 0.754. The van der Waals surface area contributed by atoms with Crippen molar-refractivity contribution in [2.24, 2.45) is 0 Å². The molecular formula is C16H16F3N7. The lowest BCUT2D eigenvalue weighted by atomic mass is 10.1. The first-order valence-corrected chi connectivity index (χ1v) is 8.13. The van der Waals surface area contributed by atoms with Crippen LogP contribution in [0.5, 0.6) is 0 Å². The number of anilines is 2. The van der Waals surface area contributed by atoms with Gasteiger partial charge in [0, 0.05) is 43.8 Å². The summed E-state index contributed by atoms with van der Waals surface area (Å²) in [6.07, 6.45) is 0.178. The van der Waals surface area contributed by atoms with Gasteiger partial charge in [-0.2, -0.15) is 13.2 Å². The molecule has 1 N–H and O–H groups in total. The molecule has 1 fully saturated rings. The summed E-state index contributed by atoms with van der Waals surface area (Å²) >= 11 is 0. The van der Waals surface area contributed by atoms with Crippen molar-refractivity contribution < 1.29 is 13.2 Å². The Bertz CT molecular complexity index is 909. The number of piperazine rings is 1. The van der Waals surface area contributed by atoms with E-state index in [4.69, 9.17) is 0 Å². The van der Waals surface area contributed by atoms with Crippen LogP contribution < -0.4 is 9.80 Å². The molecular weight excluding hydrogens is 347 g/mol. The molecule has 1 atom stereocenters. The number of pyridine rings is 1. The summed E-state index contributed by atoms with van der Waals surface area (Å²) in [7, 11) is 0. The van der Waals surface area contributed by atoms with Crippen LogP contribution >= 0.6 is 0 Å². The third-order valence-corrected chi connectivity index (χ3v) is 4.46. The number of nitrogens with one attached hydrogen (secondary N) is 1. The van der Waals surface area contributed by atoms with Gasteiger partial charge in [-0.1, -0.05) is 0 Å². The number of rotatable bonds is 2. The van der Waals surface area contributed by atoms with E-state index in [2.05, 4.69) is 29.8 Å². The Labute approximate surface area is 146 Å². The molecule has 1 saturated heterocycles. The smallest absolute Gasteiger partial charge is 0.368 e. The second-order valence-corrected chi connectivity index (χ2v) is 6.17. The third-order valence-electron chi connectivity index (χ3n) is 4.46. The molecule has 1 aliphatic heterocycles. The number of H-pyrrole nitrogens is 1. The molecule has 4 rings (SSSR count). The van der Waals surface area contributed by atoms with Crippen LogP contribution in [0.3, 0.4) is 0 Å². The van der Waals surface area contributed by atoms with Gasteiger partial charge in [0.05, 0.1) is 0 Å². The molecule has 3 aromatic rings. The summed E-state index contributed by atoms with van der Waals surface area (Å²) in [5.41, 5.74) is 1.30. The van der Waals surface area contributed by atoms with Gasteiger partial charge < -0.3 is 14.8 Å². The Hall–Kier alpha value is -2.91. The van der Waals surface area contributed by atoms with Crippen LogP contribution in [-0.2, 0) is 6.18 Å². The summed E-state index contributed by atoms with van der Waals surface area (Å²) in [5.74, 6) is -0.614. The highest BCUT2D eigenvalue weighted by atomic mass is 19.4. The first-order valence-electron chi connectivity index (χ1n) is 8.13. The lowest BCUT2D eigenvalue weighted by molar-refractivity contribution is -0.144. The van der Waals surface area contributed by atoms with Crippen LogP contribution in [0.1, 0.15) is 12.7 Å². The van der Waals surface area contributed by atoms with Gasteiger partial charge in [0.1, 0.15) is 11.8 Å². The van der Waals surface area contributed by atoms with Gasteiger partial charge in [-0.3, -0.25) is 4.98 Å². The van der Waals surface area contributed by atoms with E-state index >= 15 is 0 Å². The second-order valence-electron chi connectivity index (χ2n) is 6.17. The first kappa shape index (κ1) is 16.6. The van der Waals surface area contributed by atoms with Crippen molar-refractivity contribution in [2.45, 2.75) is 19.1 Å². The predicted octanol–water partition coefficient (Wildman–Crippen LogP) is 2.48. The Kier molecular flexibility index (Phi) is 3.89. The van der Waals surface area contributed by atoms with Crippen LogP contribution in [-0.4, -0.2) is 50.6 Å². The number of aromatic amines is 1. The Morgan fingerprint density at radius 2 is 1.92 bits per heavy atom. The number of imidazole rings is 1. The zero-order valence-corrected chi connectivity index (χ0v) is 13.9. The summed E-state index contributed by atoms with van der Waals surface area (Å²) in [6, 6.07) is 3.93. The van der Waals surface area contributed by atoms with Crippen molar-refractivity contribution in [1.29, 1.82) is 0 Å². The van der Waals surface area contributed by atoms with Crippen molar-refractivity contribution in [3.05, 3.63) is 36.7 Å². The van der Waals surface area contributed by atoms with Gasteiger partial charge in [0.2, 0.25) is 5.82 Å². The van der Waals surface area contributed by atoms with E-state index in [1.807, 2.05) is 24.0 Å². The van der Waals surface area contributed by atoms with E-state index in [0.717, 1.165) is 18.8 Å². The summed E-state index contributed by atoms with van der Waals surface area (Å²) in [5, 5.41) is 0. The lowest BCUT2D eigenvalue weighted by Gasteiger charge is -2.41. The number of halogens is 3. The van der Waals surface area contributed by atoms with Gasteiger partial charge in [0.15, 0.2) is 11.5 Å². The van der Waals surface area contributed by atoms with Crippen LogP contribution in [0.15, 0.2) is 30.9 Å². The average molecular weight is 363 g/mol. The van der Waals surface area contributed by atoms with Crippen molar-refractivity contribution >= 4 is 22.7 Å². The first-order chi connectivity index (χ1) is 12.4. The van der Waals surface area contributed by atoms with E-state index in [1.54, 1.807) is 12.4 Å². The van der Waals surface area contributed by atoms with E-state index in [-0.39, 0.29) is 17.2 Å². The molecule has 7 nitrogen and oxygen atoms in total. The number of fused-ring (bicyclic) bond motifs is 1. The van der Waals surface area contributed by atoms with Crippen molar-refractivity contribution in [3.8, 4) is 0 Å². The Balaban J connectivity index is 1.63. The van der Waals surface area contributed by atoms with Gasteiger partial charge in [-0.15, -0.1) is 0 Å². The maximum atomic E-state index is 12.9. The zero-order chi connectivity index (χ0) is 18.3. The van der Waals surface area contributed by atoms with Crippen LogP contribution in [0.25, 0.3) is 11.2 Å². The number of alkyl halides is 3. The van der Waals surface area contributed by atoms with Gasteiger partial charge in [0.25, 0.3) is 0 Å². The van der Waals surface area contributed by atoms with Crippen LogP contribution in [0.2, 0.25) is 0 Å². The monoisotopic (exact) mass is 363 g/mol. The highest BCUT2D eigenvalue weighted by Crippen LogP contribution is 2.31. The molecule has 1 unspecified atom stereocenters. The molecule has 4 heterocycles. The molecule has 3 aromatic heterocycles. The normalized spacial score (nSPS) is 18.5. The second kappa shape index (κ2) is 6.11. The molecule has 0 amide bonds. The maximum Gasteiger partial charge on any atom is 0.449 e. The predicted molar refractivity (Wildman–Crippen MR) is 89.9 cm³/mol. The van der Waals surface area contributed by atoms with E-state index in [9.17, 15) is 13.2 Å². The van der Waals surface area contributed by atoms with E-state index in [0.29, 0.717) is 12.4 Å². The fraction of sp³-hybridized carbons (Fsp3) is 0.375. The van der Waals surface area contributed by atoms with Gasteiger partial charge in [-0.05, 0) is 19.1 Å². The molecule has 0 aromatic carbocycles. The molecule has 1 aliphatic rings. The van der Waals surface area contributed by atoms with Gasteiger partial charge >= 0.3 is 6.18 Å². The maximum absolute atomic E-state index is 12.9. The highest BCUT2D eigenvalue weighted by Gasteiger charge is 2.36. The highest BCUT2D eigenvalue weighted by molar-refractivity contribution is 5.83. The number of nitrogens with zero attached hydrogens (tertiary/aromatic N) is 6. The Morgan fingerprint density at radius 1 is 1.15 bits per heavy atom. The summed E-state index contributed by atoms with van der Waals surface area (Å²) < 4.78 is 38.8. The SMILES string of the molecule is CC1CN(c2ccncc2)CCN1c1ncnc2nc(C(F)(F)F)[nH]c12. The van der Waals surface area contributed by atoms with Crippen LogP contribution in [0.4, 0.5) is 24.7 Å². The zero-order valence-electron chi connectivity index (χ0n) is 13.9. The largest absolute Gasteiger partial charge is 0.449 e. The molecule has 136 valence electrons. The number of hydrogen-bond donors (Lipinski definition) is 1. The molecule has 0 bridgehead atoms. The molecule has 0 radical (unpaired) electrons. The molecule has 0 spiro atoms. The lowest BCUT2D eigenvalue weighted by Crippen LogP contribution is -2.52. The third kappa shape index (κ3) is 2.91. The minimum absolute atomic E-state index is 0.0195. The number of hydrogen-bond acceptors (Lipinski definition) is 6. The molecule has 0 aliphatic carbocycles. The Morgan fingerprint density at radius 3 is 2.62 bits per heavy atom. The molecule has 0 saturated carbocycles. The fourth-order valence-electron chi connectivity index (χ4n) is 3.23. The average Bonchev–Trinajstić information content (AvgIpc) is 3.07. The molecule has 26 heavy (non-hydrogen) atoms. The summed E-state index contributed by atoms with van der Waals surface area (Å²) in [4.78, 5) is 22.2. The fourth-order valence-corrected chi connectivity index (χ4v) is 3.23. The molecule has 10 heteroatoms. The van der Waals surface area contributed by atoms with Crippen molar-refractivity contribution in [2.75, 3.05) is 29.4 Å². The standard InChI is InChI=1S/C16H16F3N7/c1-10-8-25(11-2-4-20-5-3-11)6-7-26(10)14-12-13(21-9-22-14)24-15(23-12)16(17,18)19/h2-5,9-10H,6-8H2,1H3,(H,21,22,23,24). The van der Waals surface area contributed by atoms with Crippen molar-refractivity contribution in [3.63, 3.8) is 0 Å². The topological polar surface area (TPSA) is 73.8 Å². The van der Waals surface area contributed by atoms with E-state index in [1.165, 1.54) is 6.33 Å². The van der Waals surface area contributed by atoms with E-state index < -0.39 is 12.0 Å². The van der Waals surface area contributed by atoms with Gasteiger partial charge in [-0.25, -0.2) is 15.0 Å². The van der Waals surface area contributed by atoms with Crippen LogP contribution in [0, 0.1) is 0 Å².